The number of rotatable bonds is 4. The SMILES string of the molecule is CCCC(=O)/C(=C\N)C(C)O. The average Bonchev–Trinajstić information content (AvgIpc) is 1.88. The van der Waals surface area contributed by atoms with Crippen LogP contribution in [0.25, 0.3) is 0 Å². The summed E-state index contributed by atoms with van der Waals surface area (Å²) in [5.74, 6) is -0.0648. The molecule has 0 aromatic carbocycles. The molecule has 11 heavy (non-hydrogen) atoms. The predicted octanol–water partition coefficient (Wildman–Crippen LogP) is 0.579. The highest BCUT2D eigenvalue weighted by Gasteiger charge is 2.12. The number of aliphatic hydroxyl groups excluding tert-OH is 1. The molecule has 0 aliphatic rings. The molecule has 3 nitrogen and oxygen atoms in total. The van der Waals surface area contributed by atoms with Crippen molar-refractivity contribution in [3.8, 4) is 0 Å². The monoisotopic (exact) mass is 157 g/mol. The first-order valence-electron chi connectivity index (χ1n) is 3.76. The normalized spacial score (nSPS) is 14.6. The first-order chi connectivity index (χ1) is 5.13. The molecule has 0 rings (SSSR count). The summed E-state index contributed by atoms with van der Waals surface area (Å²) >= 11 is 0. The molecule has 0 aliphatic carbocycles. The van der Waals surface area contributed by atoms with E-state index in [1.165, 1.54) is 13.1 Å². The topological polar surface area (TPSA) is 63.3 Å². The van der Waals surface area contributed by atoms with Crippen LogP contribution in [0, 0.1) is 0 Å². The van der Waals surface area contributed by atoms with Gasteiger partial charge in [-0.3, -0.25) is 4.79 Å². The van der Waals surface area contributed by atoms with Gasteiger partial charge in [-0.25, -0.2) is 0 Å². The Hall–Kier alpha value is -0.830. The third kappa shape index (κ3) is 3.18. The minimum atomic E-state index is -0.751. The van der Waals surface area contributed by atoms with E-state index >= 15 is 0 Å². The molecule has 1 unspecified atom stereocenters. The van der Waals surface area contributed by atoms with Crippen molar-refractivity contribution < 1.29 is 9.90 Å². The summed E-state index contributed by atoms with van der Waals surface area (Å²) in [6.45, 7) is 3.44. The zero-order valence-electron chi connectivity index (χ0n) is 7.00. The van der Waals surface area contributed by atoms with E-state index in [0.29, 0.717) is 12.0 Å². The molecule has 0 aromatic rings. The Morgan fingerprint density at radius 1 is 1.73 bits per heavy atom. The van der Waals surface area contributed by atoms with Crippen molar-refractivity contribution in [3.05, 3.63) is 11.8 Å². The fraction of sp³-hybridized carbons (Fsp3) is 0.625. The Morgan fingerprint density at radius 3 is 2.55 bits per heavy atom. The van der Waals surface area contributed by atoms with Crippen molar-refractivity contribution in [1.29, 1.82) is 0 Å². The maximum atomic E-state index is 11.1. The Bertz CT molecular complexity index is 161. The molecule has 3 N–H and O–H groups in total. The van der Waals surface area contributed by atoms with E-state index in [1.807, 2.05) is 6.92 Å². The highest BCUT2D eigenvalue weighted by molar-refractivity contribution is 5.95. The number of aliphatic hydroxyl groups is 1. The lowest BCUT2D eigenvalue weighted by Crippen LogP contribution is -2.15. The lowest BCUT2D eigenvalue weighted by molar-refractivity contribution is -0.116. The third-order valence-corrected chi connectivity index (χ3v) is 1.43. The van der Waals surface area contributed by atoms with E-state index in [0.717, 1.165) is 6.42 Å². The van der Waals surface area contributed by atoms with Crippen LogP contribution in [-0.2, 0) is 4.79 Å². The number of Topliss-reactive ketones (excluding diaryl/α,β-unsaturated/α-hetero) is 1. The first-order valence-corrected chi connectivity index (χ1v) is 3.76. The van der Waals surface area contributed by atoms with Gasteiger partial charge in [-0.2, -0.15) is 0 Å². The second-order valence-electron chi connectivity index (χ2n) is 2.47. The molecule has 64 valence electrons. The Kier molecular flexibility index (Phi) is 4.54. The van der Waals surface area contributed by atoms with E-state index in [4.69, 9.17) is 10.8 Å². The van der Waals surface area contributed by atoms with Gasteiger partial charge in [-0.1, -0.05) is 6.92 Å². The zero-order chi connectivity index (χ0) is 8.85. The highest BCUT2D eigenvalue weighted by atomic mass is 16.3. The molecule has 0 bridgehead atoms. The summed E-state index contributed by atoms with van der Waals surface area (Å²) in [6.07, 6.45) is 1.67. The molecule has 0 heterocycles. The smallest absolute Gasteiger partial charge is 0.162 e. The number of carbonyl (C=O) groups excluding carboxylic acids is 1. The third-order valence-electron chi connectivity index (χ3n) is 1.43. The number of hydrogen-bond donors (Lipinski definition) is 2. The number of nitrogens with two attached hydrogens (primary N) is 1. The van der Waals surface area contributed by atoms with Crippen LogP contribution >= 0.6 is 0 Å². The molecule has 3 heteroatoms. The van der Waals surface area contributed by atoms with Gasteiger partial charge in [0.25, 0.3) is 0 Å². The molecule has 0 radical (unpaired) electrons. The summed E-state index contributed by atoms with van der Waals surface area (Å²) < 4.78 is 0. The van der Waals surface area contributed by atoms with Gasteiger partial charge in [0.15, 0.2) is 5.78 Å². The van der Waals surface area contributed by atoms with Gasteiger partial charge in [-0.15, -0.1) is 0 Å². The molecular formula is C8H15NO2. The fourth-order valence-corrected chi connectivity index (χ4v) is 0.837. The van der Waals surface area contributed by atoms with Crippen LogP contribution < -0.4 is 5.73 Å². The van der Waals surface area contributed by atoms with Crippen molar-refractivity contribution in [2.45, 2.75) is 32.8 Å². The molecule has 1 atom stereocenters. The lowest BCUT2D eigenvalue weighted by Gasteiger charge is -2.06. The quantitative estimate of drug-likeness (QED) is 0.587. The molecule has 0 aromatic heterocycles. The van der Waals surface area contributed by atoms with E-state index in [2.05, 4.69) is 0 Å². The van der Waals surface area contributed by atoms with Crippen LogP contribution in [0.1, 0.15) is 26.7 Å². The van der Waals surface area contributed by atoms with Gasteiger partial charge >= 0.3 is 0 Å². The summed E-state index contributed by atoms with van der Waals surface area (Å²) in [7, 11) is 0. The maximum Gasteiger partial charge on any atom is 0.162 e. The second-order valence-corrected chi connectivity index (χ2v) is 2.47. The summed E-state index contributed by atoms with van der Waals surface area (Å²) in [4.78, 5) is 11.1. The molecule has 0 spiro atoms. The van der Waals surface area contributed by atoms with Gasteiger partial charge in [0, 0.05) is 18.2 Å². The van der Waals surface area contributed by atoms with Crippen molar-refractivity contribution in [1.82, 2.24) is 0 Å². The Morgan fingerprint density at radius 2 is 2.27 bits per heavy atom. The van der Waals surface area contributed by atoms with Crippen LogP contribution in [-0.4, -0.2) is 17.0 Å². The average molecular weight is 157 g/mol. The molecule has 0 saturated carbocycles. The molecule has 0 aliphatic heterocycles. The summed E-state index contributed by atoms with van der Waals surface area (Å²) in [6, 6.07) is 0. The fourth-order valence-electron chi connectivity index (χ4n) is 0.837. The van der Waals surface area contributed by atoms with E-state index < -0.39 is 6.10 Å². The van der Waals surface area contributed by atoms with Crippen LogP contribution in [0.2, 0.25) is 0 Å². The minimum Gasteiger partial charge on any atom is -0.404 e. The van der Waals surface area contributed by atoms with Gasteiger partial charge in [0.1, 0.15) is 0 Å². The van der Waals surface area contributed by atoms with Crippen LogP contribution in [0.5, 0.6) is 0 Å². The van der Waals surface area contributed by atoms with Gasteiger partial charge < -0.3 is 10.8 Å². The second kappa shape index (κ2) is 4.91. The predicted molar refractivity (Wildman–Crippen MR) is 43.9 cm³/mol. The highest BCUT2D eigenvalue weighted by Crippen LogP contribution is 2.05. The molecule has 0 saturated heterocycles. The van der Waals surface area contributed by atoms with Crippen molar-refractivity contribution in [2.75, 3.05) is 0 Å². The maximum absolute atomic E-state index is 11.1. The standard InChI is InChI=1S/C8H15NO2/c1-3-4-8(11)7(5-9)6(2)10/h5-6,10H,3-4,9H2,1-2H3/b7-5-. The van der Waals surface area contributed by atoms with Gasteiger partial charge in [-0.05, 0) is 13.3 Å². The van der Waals surface area contributed by atoms with Crippen LogP contribution in [0.4, 0.5) is 0 Å². The molecule has 0 fully saturated rings. The Labute approximate surface area is 66.9 Å². The first kappa shape index (κ1) is 10.2. The largest absolute Gasteiger partial charge is 0.404 e. The summed E-state index contributed by atoms with van der Waals surface area (Å²) in [5, 5.41) is 9.04. The van der Waals surface area contributed by atoms with Crippen molar-refractivity contribution in [3.63, 3.8) is 0 Å². The lowest BCUT2D eigenvalue weighted by atomic mass is 10.0. The van der Waals surface area contributed by atoms with E-state index in [1.54, 1.807) is 0 Å². The van der Waals surface area contributed by atoms with E-state index in [-0.39, 0.29) is 5.78 Å². The van der Waals surface area contributed by atoms with Crippen LogP contribution in [0.15, 0.2) is 11.8 Å². The van der Waals surface area contributed by atoms with E-state index in [9.17, 15) is 4.79 Å². The Balaban J connectivity index is 4.17. The summed E-state index contributed by atoms with van der Waals surface area (Å²) in [5.41, 5.74) is 5.47. The molecular weight excluding hydrogens is 142 g/mol. The van der Waals surface area contributed by atoms with Crippen molar-refractivity contribution >= 4 is 5.78 Å². The van der Waals surface area contributed by atoms with Gasteiger partial charge in [0.05, 0.1) is 6.10 Å². The van der Waals surface area contributed by atoms with Crippen molar-refractivity contribution in [2.24, 2.45) is 5.73 Å². The number of ketones is 1. The van der Waals surface area contributed by atoms with Gasteiger partial charge in [0.2, 0.25) is 0 Å². The number of carbonyl (C=O) groups is 1. The zero-order valence-corrected chi connectivity index (χ0v) is 7.00. The minimum absolute atomic E-state index is 0.0648. The van der Waals surface area contributed by atoms with Crippen LogP contribution in [0.3, 0.4) is 0 Å². The molecule has 0 amide bonds. The number of hydrogen-bond acceptors (Lipinski definition) is 3.